The number of nitrogens with one attached hydrogen (secondary N) is 1. The van der Waals surface area contributed by atoms with Crippen molar-refractivity contribution >= 4 is 23.3 Å². The molecule has 0 atom stereocenters. The molecular weight excluding hydrogens is 302 g/mol. The van der Waals surface area contributed by atoms with E-state index in [1.54, 1.807) is 7.11 Å². The second kappa shape index (κ2) is 7.58. The van der Waals surface area contributed by atoms with Crippen LogP contribution in [0.5, 0.6) is 5.75 Å². The molecule has 0 aromatic heterocycles. The third kappa shape index (κ3) is 4.19. The van der Waals surface area contributed by atoms with Crippen LogP contribution in [0, 0.1) is 5.92 Å². The van der Waals surface area contributed by atoms with Crippen molar-refractivity contribution in [2.45, 2.75) is 13.8 Å². The maximum Gasteiger partial charge on any atom is 0.317 e. The minimum Gasteiger partial charge on any atom is -0.495 e. The first-order valence-electron chi connectivity index (χ1n) is 7.62. The monoisotopic (exact) mass is 325 g/mol. The van der Waals surface area contributed by atoms with Gasteiger partial charge in [-0.3, -0.25) is 0 Å². The Bertz CT molecular complexity index is 514. The molecule has 1 aliphatic heterocycles. The smallest absolute Gasteiger partial charge is 0.317 e. The zero-order valence-electron chi connectivity index (χ0n) is 13.4. The number of anilines is 1. The van der Waals surface area contributed by atoms with E-state index in [-0.39, 0.29) is 6.03 Å². The van der Waals surface area contributed by atoms with Crippen molar-refractivity contribution in [1.82, 2.24) is 10.2 Å². The fraction of sp³-hybridized carbons (Fsp3) is 0.562. The Hall–Kier alpha value is -1.62. The summed E-state index contributed by atoms with van der Waals surface area (Å²) < 4.78 is 5.17. The Morgan fingerprint density at radius 3 is 2.55 bits per heavy atom. The maximum absolute atomic E-state index is 12.0. The van der Waals surface area contributed by atoms with Crippen LogP contribution in [0.4, 0.5) is 10.5 Å². The molecule has 0 bridgehead atoms. The van der Waals surface area contributed by atoms with Crippen molar-refractivity contribution < 1.29 is 9.53 Å². The highest BCUT2D eigenvalue weighted by Gasteiger charge is 2.21. The number of ether oxygens (including phenoxy) is 1. The Morgan fingerprint density at radius 1 is 1.32 bits per heavy atom. The lowest BCUT2D eigenvalue weighted by molar-refractivity contribution is 0.193. The molecule has 2 amide bonds. The summed E-state index contributed by atoms with van der Waals surface area (Å²) in [7, 11) is 1.61. The van der Waals surface area contributed by atoms with Crippen molar-refractivity contribution in [1.29, 1.82) is 0 Å². The molecule has 0 unspecified atom stereocenters. The van der Waals surface area contributed by atoms with Gasteiger partial charge in [0.2, 0.25) is 0 Å². The van der Waals surface area contributed by atoms with Gasteiger partial charge in [0.25, 0.3) is 0 Å². The van der Waals surface area contributed by atoms with Gasteiger partial charge in [0.15, 0.2) is 0 Å². The van der Waals surface area contributed by atoms with Crippen LogP contribution < -0.4 is 15.0 Å². The van der Waals surface area contributed by atoms with E-state index < -0.39 is 0 Å². The van der Waals surface area contributed by atoms with Gasteiger partial charge in [-0.05, 0) is 24.1 Å². The van der Waals surface area contributed by atoms with Crippen LogP contribution in [0.15, 0.2) is 18.2 Å². The molecular formula is C16H24ClN3O2. The molecule has 1 aliphatic rings. The van der Waals surface area contributed by atoms with E-state index >= 15 is 0 Å². The topological polar surface area (TPSA) is 44.8 Å². The molecule has 2 rings (SSSR count). The molecule has 0 spiro atoms. The number of halogens is 1. The van der Waals surface area contributed by atoms with E-state index in [0.29, 0.717) is 36.3 Å². The van der Waals surface area contributed by atoms with E-state index in [9.17, 15) is 4.79 Å². The molecule has 0 radical (unpaired) electrons. The molecule has 122 valence electrons. The first kappa shape index (κ1) is 16.7. The molecule has 6 heteroatoms. The molecule has 1 N–H and O–H groups in total. The molecule has 1 heterocycles. The molecule has 1 aromatic rings. The van der Waals surface area contributed by atoms with Gasteiger partial charge in [-0.25, -0.2) is 4.79 Å². The van der Waals surface area contributed by atoms with Crippen LogP contribution in [0.3, 0.4) is 0 Å². The van der Waals surface area contributed by atoms with Gasteiger partial charge in [-0.1, -0.05) is 25.4 Å². The fourth-order valence-corrected chi connectivity index (χ4v) is 2.67. The molecule has 5 nitrogen and oxygen atoms in total. The Labute approximate surface area is 137 Å². The SMILES string of the molecule is COc1ccc(N2CCN(C(=O)NCC(C)C)CC2)cc1Cl. The lowest BCUT2D eigenvalue weighted by Crippen LogP contribution is -2.52. The fourth-order valence-electron chi connectivity index (χ4n) is 2.42. The number of methoxy groups -OCH3 is 1. The number of carbonyl (C=O) groups excluding carboxylic acids is 1. The van der Waals surface area contributed by atoms with Crippen LogP contribution in [0.1, 0.15) is 13.8 Å². The molecule has 22 heavy (non-hydrogen) atoms. The van der Waals surface area contributed by atoms with E-state index in [2.05, 4.69) is 24.1 Å². The summed E-state index contributed by atoms with van der Waals surface area (Å²) in [6.07, 6.45) is 0. The van der Waals surface area contributed by atoms with Crippen molar-refractivity contribution in [2.24, 2.45) is 5.92 Å². The number of benzene rings is 1. The van der Waals surface area contributed by atoms with E-state index in [1.807, 2.05) is 23.1 Å². The van der Waals surface area contributed by atoms with Crippen molar-refractivity contribution in [3.8, 4) is 5.75 Å². The van der Waals surface area contributed by atoms with Crippen LogP contribution in [0.2, 0.25) is 5.02 Å². The largest absolute Gasteiger partial charge is 0.495 e. The molecule has 1 saturated heterocycles. The van der Waals surface area contributed by atoms with E-state index in [0.717, 1.165) is 18.8 Å². The van der Waals surface area contributed by atoms with Gasteiger partial charge in [-0.2, -0.15) is 0 Å². The van der Waals surface area contributed by atoms with Crippen molar-refractivity contribution in [2.75, 3.05) is 44.7 Å². The predicted molar refractivity (Wildman–Crippen MR) is 90.0 cm³/mol. The minimum absolute atomic E-state index is 0.0288. The zero-order valence-corrected chi connectivity index (χ0v) is 14.2. The Kier molecular flexibility index (Phi) is 5.77. The van der Waals surface area contributed by atoms with Gasteiger partial charge >= 0.3 is 6.03 Å². The lowest BCUT2D eigenvalue weighted by atomic mass is 10.2. The highest BCUT2D eigenvalue weighted by molar-refractivity contribution is 6.32. The highest BCUT2D eigenvalue weighted by Crippen LogP contribution is 2.29. The number of amides is 2. The van der Waals surface area contributed by atoms with Crippen molar-refractivity contribution in [3.05, 3.63) is 23.2 Å². The lowest BCUT2D eigenvalue weighted by Gasteiger charge is -2.36. The quantitative estimate of drug-likeness (QED) is 0.926. The molecule has 0 saturated carbocycles. The van der Waals surface area contributed by atoms with Crippen LogP contribution in [-0.2, 0) is 0 Å². The maximum atomic E-state index is 12.0. The Balaban J connectivity index is 1.89. The standard InChI is InChI=1S/C16H24ClN3O2/c1-12(2)11-18-16(21)20-8-6-19(7-9-20)13-4-5-15(22-3)14(17)10-13/h4-5,10,12H,6-9,11H2,1-3H3,(H,18,21). The average molecular weight is 326 g/mol. The number of hydrogen-bond donors (Lipinski definition) is 1. The second-order valence-corrected chi connectivity index (χ2v) is 6.28. The summed E-state index contributed by atoms with van der Waals surface area (Å²) in [6, 6.07) is 5.81. The average Bonchev–Trinajstić information content (AvgIpc) is 2.52. The van der Waals surface area contributed by atoms with Gasteiger partial charge in [-0.15, -0.1) is 0 Å². The summed E-state index contributed by atoms with van der Waals surface area (Å²) in [5.41, 5.74) is 1.06. The van der Waals surface area contributed by atoms with Crippen LogP contribution in [-0.4, -0.2) is 50.8 Å². The minimum atomic E-state index is 0.0288. The normalized spacial score (nSPS) is 15.1. The van der Waals surface area contributed by atoms with Crippen LogP contribution in [0.25, 0.3) is 0 Å². The number of piperazine rings is 1. The summed E-state index contributed by atoms with van der Waals surface area (Å²) in [6.45, 7) is 7.93. The summed E-state index contributed by atoms with van der Waals surface area (Å²) in [4.78, 5) is 16.1. The van der Waals surface area contributed by atoms with Gasteiger partial charge in [0.1, 0.15) is 5.75 Å². The Morgan fingerprint density at radius 2 is 2.00 bits per heavy atom. The number of rotatable bonds is 4. The van der Waals surface area contributed by atoms with Gasteiger partial charge < -0.3 is 19.9 Å². The summed E-state index contributed by atoms with van der Waals surface area (Å²) in [5, 5.41) is 3.57. The molecule has 0 aliphatic carbocycles. The number of urea groups is 1. The van der Waals surface area contributed by atoms with Crippen LogP contribution >= 0.6 is 11.6 Å². The number of hydrogen-bond acceptors (Lipinski definition) is 3. The van der Waals surface area contributed by atoms with Crippen molar-refractivity contribution in [3.63, 3.8) is 0 Å². The third-order valence-electron chi connectivity index (χ3n) is 3.73. The molecule has 1 aromatic carbocycles. The second-order valence-electron chi connectivity index (χ2n) is 5.87. The van der Waals surface area contributed by atoms with E-state index in [1.165, 1.54) is 0 Å². The summed E-state index contributed by atoms with van der Waals surface area (Å²) in [5.74, 6) is 1.14. The number of nitrogens with zero attached hydrogens (tertiary/aromatic N) is 2. The first-order chi connectivity index (χ1) is 10.5. The van der Waals surface area contributed by atoms with Gasteiger partial charge in [0, 0.05) is 38.4 Å². The predicted octanol–water partition coefficient (Wildman–Crippen LogP) is 2.84. The van der Waals surface area contributed by atoms with Gasteiger partial charge in [0.05, 0.1) is 12.1 Å². The zero-order chi connectivity index (χ0) is 16.1. The molecule has 1 fully saturated rings. The number of carbonyl (C=O) groups is 1. The summed E-state index contributed by atoms with van der Waals surface area (Å²) >= 11 is 6.17. The first-order valence-corrected chi connectivity index (χ1v) is 8.00. The highest BCUT2D eigenvalue weighted by atomic mass is 35.5. The van der Waals surface area contributed by atoms with E-state index in [4.69, 9.17) is 16.3 Å². The third-order valence-corrected chi connectivity index (χ3v) is 4.02.